The van der Waals surface area contributed by atoms with Gasteiger partial charge in [-0.15, -0.1) is 0 Å². The maximum Gasteiger partial charge on any atom is 0.139 e. The Balaban J connectivity index is 2.30. The molecule has 0 radical (unpaired) electrons. The molecule has 1 aliphatic heterocycles. The fourth-order valence-electron chi connectivity index (χ4n) is 1.69. The molecule has 0 spiro atoms. The largest absolute Gasteiger partial charge is 0.381 e. The second kappa shape index (κ2) is 4.00. The van der Waals surface area contributed by atoms with Crippen molar-refractivity contribution < 1.29 is 4.39 Å². The zero-order valence-corrected chi connectivity index (χ0v) is 10.4. The fourth-order valence-corrected chi connectivity index (χ4v) is 2.03. The van der Waals surface area contributed by atoms with E-state index in [1.807, 2.05) is 0 Å². The average Bonchev–Trinajstić information content (AvgIpc) is 2.19. The smallest absolute Gasteiger partial charge is 0.139 e. The third kappa shape index (κ3) is 2.09. The van der Waals surface area contributed by atoms with Gasteiger partial charge in [-0.05, 0) is 27.9 Å². The van der Waals surface area contributed by atoms with Crippen LogP contribution < -0.4 is 10.6 Å². The third-order valence-electron chi connectivity index (χ3n) is 2.72. The molecule has 2 N–H and O–H groups in total. The SMILES string of the molecule is CC(C)C1CNc2cc(F)c(Br)cc2N1. The number of anilines is 2. The molecule has 15 heavy (non-hydrogen) atoms. The van der Waals surface area contributed by atoms with Crippen LogP contribution in [0.4, 0.5) is 15.8 Å². The highest BCUT2D eigenvalue weighted by Crippen LogP contribution is 2.32. The minimum Gasteiger partial charge on any atom is -0.381 e. The van der Waals surface area contributed by atoms with Gasteiger partial charge in [-0.1, -0.05) is 13.8 Å². The topological polar surface area (TPSA) is 24.1 Å². The van der Waals surface area contributed by atoms with Gasteiger partial charge in [0.25, 0.3) is 0 Å². The first-order chi connectivity index (χ1) is 7.08. The van der Waals surface area contributed by atoms with Crippen LogP contribution in [0.25, 0.3) is 0 Å². The first kappa shape index (κ1) is 10.7. The Kier molecular flexibility index (Phi) is 2.87. The Hall–Kier alpha value is -0.770. The van der Waals surface area contributed by atoms with Crippen molar-refractivity contribution >= 4 is 27.3 Å². The lowest BCUT2D eigenvalue weighted by Gasteiger charge is -2.31. The minimum absolute atomic E-state index is 0.231. The lowest BCUT2D eigenvalue weighted by atomic mass is 10.0. The summed E-state index contributed by atoms with van der Waals surface area (Å²) in [5.41, 5.74) is 1.81. The van der Waals surface area contributed by atoms with Gasteiger partial charge < -0.3 is 10.6 Å². The van der Waals surface area contributed by atoms with Gasteiger partial charge >= 0.3 is 0 Å². The van der Waals surface area contributed by atoms with Crippen LogP contribution in [0, 0.1) is 11.7 Å². The maximum atomic E-state index is 13.2. The average molecular weight is 273 g/mol. The van der Waals surface area contributed by atoms with Gasteiger partial charge in [0.15, 0.2) is 0 Å². The van der Waals surface area contributed by atoms with Crippen molar-refractivity contribution in [2.45, 2.75) is 19.9 Å². The molecule has 0 aromatic heterocycles. The molecule has 0 amide bonds. The van der Waals surface area contributed by atoms with Crippen molar-refractivity contribution in [3.8, 4) is 0 Å². The molecular weight excluding hydrogens is 259 g/mol. The Morgan fingerprint density at radius 3 is 2.80 bits per heavy atom. The normalized spacial score (nSPS) is 19.4. The van der Waals surface area contributed by atoms with E-state index in [2.05, 4.69) is 40.4 Å². The molecule has 1 atom stereocenters. The van der Waals surface area contributed by atoms with Crippen LogP contribution in [0.5, 0.6) is 0 Å². The van der Waals surface area contributed by atoms with E-state index in [9.17, 15) is 4.39 Å². The summed E-state index contributed by atoms with van der Waals surface area (Å²) in [5.74, 6) is 0.320. The molecule has 0 saturated carbocycles. The number of hydrogen-bond acceptors (Lipinski definition) is 2. The minimum atomic E-state index is -0.231. The summed E-state index contributed by atoms with van der Waals surface area (Å²) >= 11 is 3.19. The van der Waals surface area contributed by atoms with E-state index >= 15 is 0 Å². The summed E-state index contributed by atoms with van der Waals surface area (Å²) in [7, 11) is 0. The molecule has 2 rings (SSSR count). The molecule has 1 aliphatic rings. The van der Waals surface area contributed by atoms with Crippen LogP contribution in [0.2, 0.25) is 0 Å². The van der Waals surface area contributed by atoms with E-state index in [1.54, 1.807) is 6.07 Å². The molecule has 1 aromatic carbocycles. The van der Waals surface area contributed by atoms with E-state index in [0.29, 0.717) is 16.4 Å². The van der Waals surface area contributed by atoms with E-state index in [1.165, 1.54) is 6.07 Å². The van der Waals surface area contributed by atoms with Crippen LogP contribution in [-0.2, 0) is 0 Å². The summed E-state index contributed by atoms with van der Waals surface area (Å²) in [6.45, 7) is 5.18. The van der Waals surface area contributed by atoms with Crippen molar-refractivity contribution in [3.63, 3.8) is 0 Å². The molecule has 2 nitrogen and oxygen atoms in total. The number of nitrogens with one attached hydrogen (secondary N) is 2. The summed E-state index contributed by atoms with van der Waals surface area (Å²) in [4.78, 5) is 0. The summed E-state index contributed by atoms with van der Waals surface area (Å²) in [6, 6.07) is 3.70. The molecule has 82 valence electrons. The van der Waals surface area contributed by atoms with E-state index in [4.69, 9.17) is 0 Å². The first-order valence-corrected chi connectivity index (χ1v) is 5.86. The van der Waals surface area contributed by atoms with Crippen LogP contribution in [-0.4, -0.2) is 12.6 Å². The number of halogens is 2. The zero-order valence-electron chi connectivity index (χ0n) is 8.77. The van der Waals surface area contributed by atoms with Gasteiger partial charge in [0.05, 0.1) is 15.8 Å². The number of hydrogen-bond donors (Lipinski definition) is 2. The standard InChI is InChI=1S/C11H14BrFN2/c1-6(2)11-5-14-9-4-8(13)7(12)3-10(9)15-11/h3-4,6,11,14-15H,5H2,1-2H3. The zero-order chi connectivity index (χ0) is 11.0. The van der Waals surface area contributed by atoms with E-state index in [-0.39, 0.29) is 5.82 Å². The number of rotatable bonds is 1. The second-order valence-corrected chi connectivity index (χ2v) is 5.04. The Bertz CT molecular complexity index is 379. The molecule has 0 aliphatic carbocycles. The first-order valence-electron chi connectivity index (χ1n) is 5.07. The highest BCUT2D eigenvalue weighted by atomic mass is 79.9. The number of fused-ring (bicyclic) bond motifs is 1. The lowest BCUT2D eigenvalue weighted by Crippen LogP contribution is -2.37. The van der Waals surface area contributed by atoms with E-state index in [0.717, 1.165) is 17.9 Å². The lowest BCUT2D eigenvalue weighted by molar-refractivity contribution is 0.535. The third-order valence-corrected chi connectivity index (χ3v) is 3.33. The van der Waals surface area contributed by atoms with Gasteiger partial charge in [0.1, 0.15) is 5.82 Å². The van der Waals surface area contributed by atoms with Crippen molar-refractivity contribution in [1.82, 2.24) is 0 Å². The molecular formula is C11H14BrFN2. The predicted octanol–water partition coefficient (Wildman–Crippen LogP) is 3.45. The Labute approximate surface area is 97.4 Å². The summed E-state index contributed by atoms with van der Waals surface area (Å²) in [6.07, 6.45) is 0. The fraction of sp³-hybridized carbons (Fsp3) is 0.455. The molecule has 0 fully saturated rings. The highest BCUT2D eigenvalue weighted by molar-refractivity contribution is 9.10. The molecule has 0 saturated heterocycles. The van der Waals surface area contributed by atoms with Crippen LogP contribution in [0.3, 0.4) is 0 Å². The van der Waals surface area contributed by atoms with Crippen LogP contribution in [0.1, 0.15) is 13.8 Å². The van der Waals surface area contributed by atoms with Crippen molar-refractivity contribution in [1.29, 1.82) is 0 Å². The van der Waals surface area contributed by atoms with Crippen molar-refractivity contribution in [3.05, 3.63) is 22.4 Å². The second-order valence-electron chi connectivity index (χ2n) is 4.19. The van der Waals surface area contributed by atoms with Crippen molar-refractivity contribution in [2.75, 3.05) is 17.2 Å². The molecule has 0 bridgehead atoms. The predicted molar refractivity (Wildman–Crippen MR) is 64.8 cm³/mol. The van der Waals surface area contributed by atoms with Gasteiger partial charge in [0, 0.05) is 18.7 Å². The Morgan fingerprint density at radius 1 is 1.40 bits per heavy atom. The van der Waals surface area contributed by atoms with Crippen molar-refractivity contribution in [2.24, 2.45) is 5.92 Å². The monoisotopic (exact) mass is 272 g/mol. The van der Waals surface area contributed by atoms with Gasteiger partial charge in [-0.25, -0.2) is 4.39 Å². The molecule has 1 aromatic rings. The van der Waals surface area contributed by atoms with E-state index < -0.39 is 0 Å². The van der Waals surface area contributed by atoms with Crippen LogP contribution in [0.15, 0.2) is 16.6 Å². The maximum absolute atomic E-state index is 13.2. The van der Waals surface area contributed by atoms with Gasteiger partial charge in [0.2, 0.25) is 0 Å². The number of benzene rings is 1. The highest BCUT2D eigenvalue weighted by Gasteiger charge is 2.20. The molecule has 1 unspecified atom stereocenters. The van der Waals surface area contributed by atoms with Gasteiger partial charge in [-0.2, -0.15) is 0 Å². The summed E-state index contributed by atoms with van der Waals surface area (Å²) < 4.78 is 13.7. The molecule has 1 heterocycles. The summed E-state index contributed by atoms with van der Waals surface area (Å²) in [5, 5.41) is 6.64. The molecule has 4 heteroatoms. The van der Waals surface area contributed by atoms with Crippen LogP contribution >= 0.6 is 15.9 Å². The quantitative estimate of drug-likeness (QED) is 0.819. The van der Waals surface area contributed by atoms with Gasteiger partial charge in [-0.3, -0.25) is 0 Å². The Morgan fingerprint density at radius 2 is 2.13 bits per heavy atom.